The molecule has 2 rings (SSSR count). The van der Waals surface area contributed by atoms with Crippen LogP contribution in [-0.4, -0.2) is 5.11 Å². The van der Waals surface area contributed by atoms with Crippen LogP contribution in [0.5, 0.6) is 0 Å². The lowest BCUT2D eigenvalue weighted by atomic mass is 10.0. The van der Waals surface area contributed by atoms with Gasteiger partial charge in [0.05, 0.1) is 0 Å². The summed E-state index contributed by atoms with van der Waals surface area (Å²) in [5.41, 5.74) is 0.975. The largest absolute Gasteiger partial charge is 0.384 e. The van der Waals surface area contributed by atoms with E-state index >= 15 is 0 Å². The zero-order valence-electron chi connectivity index (χ0n) is 8.71. The summed E-state index contributed by atoms with van der Waals surface area (Å²) >= 11 is 0. The third-order valence-electron chi connectivity index (χ3n) is 2.44. The fourth-order valence-electron chi connectivity index (χ4n) is 1.59. The molecule has 80 valence electrons. The zero-order valence-corrected chi connectivity index (χ0v) is 8.71. The average Bonchev–Trinajstić information content (AvgIpc) is 2.54. The minimum absolute atomic E-state index is 0.152. The molecule has 1 N–H and O–H groups in total. The Kier molecular flexibility index (Phi) is 3.13. The Morgan fingerprint density at radius 3 is 2.06 bits per heavy atom. The van der Waals surface area contributed by atoms with E-state index in [1.54, 1.807) is 36.4 Å². The highest BCUT2D eigenvalue weighted by Gasteiger charge is 2.11. The minimum Gasteiger partial charge on any atom is -0.384 e. The molecule has 0 aliphatic heterocycles. The zero-order chi connectivity index (χ0) is 11.4. The molecule has 0 heterocycles. The van der Waals surface area contributed by atoms with Crippen LogP contribution in [0.15, 0.2) is 65.5 Å². The Labute approximate surface area is 93.8 Å². The molecule has 0 saturated carbocycles. The smallest absolute Gasteiger partial charge is 0.184 e. The standard InChI is InChI=1S/C14H12O2/c15-13-10-6-2-5-9-12(13)14(16)11-7-3-1-4-8-11/h1-10,14,16H. The van der Waals surface area contributed by atoms with Gasteiger partial charge in [-0.3, -0.25) is 4.79 Å². The highest BCUT2D eigenvalue weighted by atomic mass is 16.3. The van der Waals surface area contributed by atoms with Gasteiger partial charge < -0.3 is 5.11 Å². The maximum atomic E-state index is 11.7. The molecule has 2 nitrogen and oxygen atoms in total. The van der Waals surface area contributed by atoms with E-state index in [2.05, 4.69) is 0 Å². The SMILES string of the molecule is O=c1cccccc1C(O)c1ccccc1. The summed E-state index contributed by atoms with van der Waals surface area (Å²) in [6.45, 7) is 0. The lowest BCUT2D eigenvalue weighted by molar-refractivity contribution is 0.219. The predicted molar refractivity (Wildman–Crippen MR) is 63.2 cm³/mol. The molecule has 2 aromatic carbocycles. The first-order valence-electron chi connectivity index (χ1n) is 5.11. The predicted octanol–water partition coefficient (Wildman–Crippen LogP) is 2.13. The van der Waals surface area contributed by atoms with E-state index in [1.807, 2.05) is 18.2 Å². The van der Waals surface area contributed by atoms with E-state index in [0.29, 0.717) is 5.56 Å². The first-order chi connectivity index (χ1) is 7.79. The molecule has 0 saturated heterocycles. The van der Waals surface area contributed by atoms with E-state index in [0.717, 1.165) is 5.56 Å². The van der Waals surface area contributed by atoms with Gasteiger partial charge in [-0.25, -0.2) is 0 Å². The quantitative estimate of drug-likeness (QED) is 0.828. The first-order valence-corrected chi connectivity index (χ1v) is 5.11. The molecule has 0 fully saturated rings. The van der Waals surface area contributed by atoms with Gasteiger partial charge in [0, 0.05) is 5.56 Å². The van der Waals surface area contributed by atoms with Crippen LogP contribution < -0.4 is 5.43 Å². The van der Waals surface area contributed by atoms with Gasteiger partial charge in [-0.2, -0.15) is 0 Å². The third-order valence-corrected chi connectivity index (χ3v) is 2.44. The summed E-state index contributed by atoms with van der Waals surface area (Å²) in [6.07, 6.45) is -0.860. The second-order valence-electron chi connectivity index (χ2n) is 3.54. The highest BCUT2D eigenvalue weighted by molar-refractivity contribution is 5.28. The molecule has 0 radical (unpaired) electrons. The molecule has 0 spiro atoms. The van der Waals surface area contributed by atoms with E-state index < -0.39 is 6.10 Å². The van der Waals surface area contributed by atoms with Gasteiger partial charge in [0.2, 0.25) is 0 Å². The summed E-state index contributed by atoms with van der Waals surface area (Å²) in [6, 6.07) is 17.5. The fourth-order valence-corrected chi connectivity index (χ4v) is 1.59. The Morgan fingerprint density at radius 1 is 0.812 bits per heavy atom. The van der Waals surface area contributed by atoms with Crippen molar-refractivity contribution in [3.05, 3.63) is 82.0 Å². The van der Waals surface area contributed by atoms with E-state index in [4.69, 9.17) is 0 Å². The van der Waals surface area contributed by atoms with Crippen LogP contribution in [0.2, 0.25) is 0 Å². The third kappa shape index (κ3) is 2.18. The number of hydrogen-bond acceptors (Lipinski definition) is 2. The summed E-state index contributed by atoms with van der Waals surface area (Å²) in [5, 5.41) is 10.1. The second-order valence-corrected chi connectivity index (χ2v) is 3.54. The monoisotopic (exact) mass is 212 g/mol. The summed E-state index contributed by atoms with van der Waals surface area (Å²) in [7, 11) is 0. The van der Waals surface area contributed by atoms with Crippen molar-refractivity contribution in [1.29, 1.82) is 0 Å². The van der Waals surface area contributed by atoms with Gasteiger partial charge >= 0.3 is 0 Å². The van der Waals surface area contributed by atoms with Crippen molar-refractivity contribution in [3.63, 3.8) is 0 Å². The minimum atomic E-state index is -0.860. The Bertz CT molecular complexity index is 520. The molecule has 2 heteroatoms. The Morgan fingerprint density at radius 2 is 1.38 bits per heavy atom. The van der Waals surface area contributed by atoms with Crippen molar-refractivity contribution in [2.45, 2.75) is 6.10 Å². The Hall–Kier alpha value is -1.93. The van der Waals surface area contributed by atoms with Gasteiger partial charge in [-0.15, -0.1) is 0 Å². The molecule has 16 heavy (non-hydrogen) atoms. The van der Waals surface area contributed by atoms with Gasteiger partial charge in [0.1, 0.15) is 6.10 Å². The molecule has 0 aromatic heterocycles. The molecular formula is C14H12O2. The number of aliphatic hydroxyl groups is 1. The molecule has 0 bridgehead atoms. The van der Waals surface area contributed by atoms with Gasteiger partial charge in [0.25, 0.3) is 0 Å². The van der Waals surface area contributed by atoms with Crippen LogP contribution in [-0.2, 0) is 0 Å². The summed E-state index contributed by atoms with van der Waals surface area (Å²) in [5.74, 6) is 0. The van der Waals surface area contributed by atoms with Crippen LogP contribution in [0.4, 0.5) is 0 Å². The lowest BCUT2D eigenvalue weighted by Crippen LogP contribution is -2.10. The van der Waals surface area contributed by atoms with E-state index in [9.17, 15) is 9.90 Å². The van der Waals surface area contributed by atoms with E-state index in [-0.39, 0.29) is 5.43 Å². The van der Waals surface area contributed by atoms with Crippen LogP contribution in [0, 0.1) is 0 Å². The van der Waals surface area contributed by atoms with Gasteiger partial charge in [-0.1, -0.05) is 54.6 Å². The number of hydrogen-bond donors (Lipinski definition) is 1. The molecule has 0 aliphatic rings. The maximum Gasteiger partial charge on any atom is 0.184 e. The fraction of sp³-hybridized carbons (Fsp3) is 0.0714. The van der Waals surface area contributed by atoms with Crippen LogP contribution >= 0.6 is 0 Å². The van der Waals surface area contributed by atoms with Gasteiger partial charge in [0.15, 0.2) is 5.43 Å². The van der Waals surface area contributed by atoms with Crippen molar-refractivity contribution in [1.82, 2.24) is 0 Å². The lowest BCUT2D eigenvalue weighted by Gasteiger charge is -2.08. The van der Waals surface area contributed by atoms with Crippen LogP contribution in [0.3, 0.4) is 0 Å². The maximum absolute atomic E-state index is 11.7. The van der Waals surface area contributed by atoms with E-state index in [1.165, 1.54) is 6.07 Å². The van der Waals surface area contributed by atoms with Crippen molar-refractivity contribution >= 4 is 0 Å². The average molecular weight is 212 g/mol. The first kappa shape index (κ1) is 10.6. The van der Waals surface area contributed by atoms with Crippen molar-refractivity contribution in [2.75, 3.05) is 0 Å². The second kappa shape index (κ2) is 4.73. The molecule has 2 aromatic rings. The van der Waals surface area contributed by atoms with Gasteiger partial charge in [-0.05, 0) is 11.6 Å². The highest BCUT2D eigenvalue weighted by Crippen LogP contribution is 2.17. The van der Waals surface area contributed by atoms with Crippen molar-refractivity contribution in [3.8, 4) is 0 Å². The number of aliphatic hydroxyl groups excluding tert-OH is 1. The normalized spacial score (nSPS) is 12.1. The number of rotatable bonds is 2. The Balaban J connectivity index is 2.47. The van der Waals surface area contributed by atoms with Crippen molar-refractivity contribution in [2.24, 2.45) is 0 Å². The summed E-state index contributed by atoms with van der Waals surface area (Å²) < 4.78 is 0. The van der Waals surface area contributed by atoms with Crippen LogP contribution in [0.25, 0.3) is 0 Å². The molecule has 1 unspecified atom stereocenters. The number of benzene rings is 1. The topological polar surface area (TPSA) is 37.3 Å². The summed E-state index contributed by atoms with van der Waals surface area (Å²) in [4.78, 5) is 11.7. The molecule has 0 aliphatic carbocycles. The molecular weight excluding hydrogens is 200 g/mol. The molecule has 0 amide bonds. The van der Waals surface area contributed by atoms with Crippen LogP contribution in [0.1, 0.15) is 17.2 Å². The molecule has 1 atom stereocenters. The van der Waals surface area contributed by atoms with Crippen molar-refractivity contribution < 1.29 is 5.11 Å².